The summed E-state index contributed by atoms with van der Waals surface area (Å²) in [6, 6.07) is 0. The van der Waals surface area contributed by atoms with E-state index in [0.29, 0.717) is 4.48 Å². The zero-order chi connectivity index (χ0) is 13.6. The molecule has 0 bridgehead atoms. The summed E-state index contributed by atoms with van der Waals surface area (Å²) in [6.45, 7) is 5.47. The maximum Gasteiger partial charge on any atom is 0.317 e. The first kappa shape index (κ1) is 14.0. The van der Waals surface area contributed by atoms with E-state index in [2.05, 4.69) is 35.0 Å². The van der Waals surface area contributed by atoms with Crippen LogP contribution in [0.5, 0.6) is 0 Å². The molecule has 19 heavy (non-hydrogen) atoms. The summed E-state index contributed by atoms with van der Waals surface area (Å²) >= 11 is 0. The second-order valence-electron chi connectivity index (χ2n) is 5.26. The summed E-state index contributed by atoms with van der Waals surface area (Å²) in [7, 11) is 0. The molecule has 1 unspecified atom stereocenters. The molecule has 4 heteroatoms. The summed E-state index contributed by atoms with van der Waals surface area (Å²) in [5.74, 6) is 0.998. The molecule has 2 heterocycles. The lowest BCUT2D eigenvalue weighted by molar-refractivity contribution is 0.510. The molecule has 0 radical (unpaired) electrons. The molecule has 0 fully saturated rings. The van der Waals surface area contributed by atoms with Gasteiger partial charge in [-0.2, -0.15) is 9.47 Å². The van der Waals surface area contributed by atoms with Crippen LogP contribution in [0.25, 0.3) is 0 Å². The van der Waals surface area contributed by atoms with Crippen LogP contribution >= 0.6 is 0 Å². The van der Waals surface area contributed by atoms with Gasteiger partial charge in [0.05, 0.1) is 18.9 Å². The van der Waals surface area contributed by atoms with Gasteiger partial charge in [0, 0.05) is 5.69 Å². The molecular weight excluding hydrogens is 236 g/mol. The first-order chi connectivity index (χ1) is 9.30. The van der Waals surface area contributed by atoms with Gasteiger partial charge in [0.15, 0.2) is 0 Å². The van der Waals surface area contributed by atoms with Crippen molar-refractivity contribution in [1.29, 1.82) is 0 Å². The molecule has 1 aromatic rings. The van der Waals surface area contributed by atoms with E-state index < -0.39 is 0 Å². The smallest absolute Gasteiger partial charge is 0.295 e. The lowest BCUT2D eigenvalue weighted by atomic mass is 10.2. The second kappa shape index (κ2) is 6.66. The van der Waals surface area contributed by atoms with Crippen molar-refractivity contribution < 1.29 is 0 Å². The minimum Gasteiger partial charge on any atom is -0.295 e. The molecule has 1 atom stereocenters. The van der Waals surface area contributed by atoms with Crippen LogP contribution in [0.4, 0.5) is 5.95 Å². The molecule has 1 N–H and O–H groups in total. The Morgan fingerprint density at radius 3 is 2.68 bits per heavy atom. The van der Waals surface area contributed by atoms with Crippen LogP contribution in [-0.2, 0) is 6.42 Å². The van der Waals surface area contributed by atoms with E-state index in [1.807, 2.05) is 18.7 Å². The van der Waals surface area contributed by atoms with Gasteiger partial charge in [-0.15, -0.1) is 0 Å². The van der Waals surface area contributed by atoms with Crippen molar-refractivity contribution in [3.8, 4) is 0 Å². The summed E-state index contributed by atoms with van der Waals surface area (Å²) in [5, 5.41) is 0. The predicted octanol–water partition coefficient (Wildman–Crippen LogP) is 3.76. The highest BCUT2D eigenvalue weighted by Gasteiger charge is 2.31. The Morgan fingerprint density at radius 2 is 2.00 bits per heavy atom. The van der Waals surface area contributed by atoms with Crippen LogP contribution in [0.2, 0.25) is 0 Å². The summed E-state index contributed by atoms with van der Waals surface area (Å²) in [5.41, 5.74) is 1.24. The molecule has 1 aliphatic rings. The molecule has 1 aliphatic heterocycles. The van der Waals surface area contributed by atoms with Crippen LogP contribution in [0, 0.1) is 0 Å². The lowest BCUT2D eigenvalue weighted by Gasteiger charge is -2.23. The van der Waals surface area contributed by atoms with Gasteiger partial charge in [-0.25, -0.2) is 4.99 Å². The molecule has 104 valence electrons. The number of quaternary nitrogens is 1. The molecule has 0 amide bonds. The van der Waals surface area contributed by atoms with Crippen LogP contribution < -0.4 is 4.48 Å². The number of nitrogens with one attached hydrogen (secondary N) is 1. The van der Waals surface area contributed by atoms with Gasteiger partial charge < -0.3 is 0 Å². The van der Waals surface area contributed by atoms with E-state index in [1.54, 1.807) is 0 Å². The predicted molar refractivity (Wildman–Crippen MR) is 81.0 cm³/mol. The van der Waals surface area contributed by atoms with E-state index in [9.17, 15) is 0 Å². The minimum absolute atomic E-state index is 0.640. The highest BCUT2D eigenvalue weighted by Crippen LogP contribution is 2.23. The Bertz CT molecular complexity index is 433. The van der Waals surface area contributed by atoms with Gasteiger partial charge >= 0.3 is 5.95 Å². The summed E-state index contributed by atoms with van der Waals surface area (Å²) < 4.78 is 0.640. The van der Waals surface area contributed by atoms with Crippen LogP contribution in [0.15, 0.2) is 23.6 Å². The number of H-pyrrole nitrogens is 1. The summed E-state index contributed by atoms with van der Waals surface area (Å²) in [4.78, 5) is 12.3. The van der Waals surface area contributed by atoms with Crippen LogP contribution in [0.3, 0.4) is 0 Å². The Kier molecular flexibility index (Phi) is 4.91. The van der Waals surface area contributed by atoms with Crippen molar-refractivity contribution in [3.63, 3.8) is 0 Å². The number of aliphatic imine (C=N–C) groups is 1. The lowest BCUT2D eigenvalue weighted by Crippen LogP contribution is -2.42. The summed E-state index contributed by atoms with van der Waals surface area (Å²) in [6.07, 6.45) is 15.2. The quantitative estimate of drug-likeness (QED) is 0.562. The highest BCUT2D eigenvalue weighted by molar-refractivity contribution is 5.75. The fourth-order valence-electron chi connectivity index (χ4n) is 2.39. The highest BCUT2D eigenvalue weighted by atomic mass is 15.4. The number of imidazole rings is 1. The second-order valence-corrected chi connectivity index (χ2v) is 5.26. The standard InChI is InChI=1S/C15H25N4/c1-3-5-7-8-14-12-17-15(18-14)19(10-6-4-2)11-9-16-13-19/h9,11-13H,3-8,10H2,1-2H3,(H,17,18)/q+1. The molecule has 0 aliphatic carbocycles. The number of rotatable bonds is 8. The number of aromatic nitrogens is 2. The van der Waals surface area contributed by atoms with Crippen molar-refractivity contribution in [2.45, 2.75) is 52.4 Å². The van der Waals surface area contributed by atoms with E-state index in [4.69, 9.17) is 0 Å². The van der Waals surface area contributed by atoms with Gasteiger partial charge in [-0.1, -0.05) is 33.1 Å². The van der Waals surface area contributed by atoms with Gasteiger partial charge in [0.1, 0.15) is 6.20 Å². The molecule has 2 rings (SSSR count). The Labute approximate surface area is 115 Å². The van der Waals surface area contributed by atoms with Crippen molar-refractivity contribution in [3.05, 3.63) is 24.3 Å². The maximum absolute atomic E-state index is 4.58. The SMILES string of the molecule is CCCCCc1cnc([N+]2(CCCC)C=CN=C2)[nH]1. The van der Waals surface area contributed by atoms with Crippen molar-refractivity contribution >= 4 is 12.3 Å². The van der Waals surface area contributed by atoms with Gasteiger partial charge in [-0.05, 0) is 19.3 Å². The fraction of sp³-hybridized carbons (Fsp3) is 0.600. The number of unbranched alkanes of at least 4 members (excludes halogenated alkanes) is 3. The van der Waals surface area contributed by atoms with Gasteiger partial charge in [0.2, 0.25) is 6.34 Å². The molecule has 1 aromatic heterocycles. The number of aromatic amines is 1. The molecule has 0 aromatic carbocycles. The van der Waals surface area contributed by atoms with Crippen molar-refractivity contribution in [2.75, 3.05) is 6.54 Å². The third-order valence-corrected chi connectivity index (χ3v) is 3.63. The largest absolute Gasteiger partial charge is 0.317 e. The molecule has 4 nitrogen and oxygen atoms in total. The number of hydrogen-bond acceptors (Lipinski definition) is 2. The third-order valence-electron chi connectivity index (χ3n) is 3.63. The Morgan fingerprint density at radius 1 is 1.16 bits per heavy atom. The van der Waals surface area contributed by atoms with Crippen LogP contribution in [0.1, 0.15) is 51.6 Å². The van der Waals surface area contributed by atoms with E-state index in [1.165, 1.54) is 37.8 Å². The van der Waals surface area contributed by atoms with Crippen LogP contribution in [-0.4, -0.2) is 22.9 Å². The first-order valence-electron chi connectivity index (χ1n) is 7.44. The number of nitrogens with zero attached hydrogens (tertiary/aromatic N) is 3. The zero-order valence-electron chi connectivity index (χ0n) is 12.1. The van der Waals surface area contributed by atoms with Gasteiger partial charge in [-0.3, -0.25) is 4.98 Å². The van der Waals surface area contributed by atoms with E-state index in [-0.39, 0.29) is 0 Å². The average molecular weight is 261 g/mol. The van der Waals surface area contributed by atoms with Crippen molar-refractivity contribution in [1.82, 2.24) is 14.5 Å². The molecule has 0 saturated carbocycles. The van der Waals surface area contributed by atoms with Crippen molar-refractivity contribution in [2.24, 2.45) is 4.99 Å². The average Bonchev–Trinajstić information content (AvgIpc) is 3.06. The maximum atomic E-state index is 4.58. The topological polar surface area (TPSA) is 41.0 Å². The van der Waals surface area contributed by atoms with Gasteiger partial charge in [0.25, 0.3) is 0 Å². The fourth-order valence-corrected chi connectivity index (χ4v) is 2.39. The minimum atomic E-state index is 0.640. The molecular formula is C15H25N4+. The Hall–Kier alpha value is -1.42. The first-order valence-corrected chi connectivity index (χ1v) is 7.44. The molecule has 0 spiro atoms. The van der Waals surface area contributed by atoms with E-state index >= 15 is 0 Å². The van der Waals surface area contributed by atoms with E-state index in [0.717, 1.165) is 18.9 Å². The molecule has 0 saturated heterocycles. The monoisotopic (exact) mass is 261 g/mol. The normalized spacial score (nSPS) is 21.4. The number of aryl methyl sites for hydroxylation is 1. The number of hydrogen-bond donors (Lipinski definition) is 1. The Balaban J connectivity index is 2.06. The third kappa shape index (κ3) is 3.32. The zero-order valence-corrected chi connectivity index (χ0v) is 12.1.